The molecule has 0 N–H and O–H groups in total. The molecule has 0 atom stereocenters. The van der Waals surface area contributed by atoms with E-state index in [-0.39, 0.29) is 5.91 Å². The van der Waals surface area contributed by atoms with Crippen LogP contribution < -0.4 is 0 Å². The Morgan fingerprint density at radius 2 is 2.12 bits per heavy atom. The summed E-state index contributed by atoms with van der Waals surface area (Å²) < 4.78 is 1.73. The summed E-state index contributed by atoms with van der Waals surface area (Å²) in [6, 6.07) is 5.46. The maximum atomic E-state index is 11.8. The second-order valence-electron chi connectivity index (χ2n) is 4.00. The zero-order chi connectivity index (χ0) is 12.4. The Balaban J connectivity index is 2.38. The average Bonchev–Trinajstić information content (AvgIpc) is 2.75. The molecule has 0 unspecified atom stereocenters. The molecule has 0 radical (unpaired) electrons. The Bertz CT molecular complexity index is 545. The summed E-state index contributed by atoms with van der Waals surface area (Å²) >= 11 is 0. The minimum Gasteiger partial charge on any atom is -0.343 e. The van der Waals surface area contributed by atoms with E-state index in [1.807, 2.05) is 25.3 Å². The van der Waals surface area contributed by atoms with Gasteiger partial charge in [0.15, 0.2) is 0 Å². The van der Waals surface area contributed by atoms with Gasteiger partial charge in [0.2, 0.25) is 0 Å². The number of aromatic nitrogens is 3. The number of nitrogens with zero attached hydrogens (tertiary/aromatic N) is 4. The van der Waals surface area contributed by atoms with Gasteiger partial charge in [0.1, 0.15) is 5.69 Å². The molecule has 0 aromatic carbocycles. The molecule has 0 spiro atoms. The second-order valence-corrected chi connectivity index (χ2v) is 4.00. The van der Waals surface area contributed by atoms with Gasteiger partial charge in [-0.1, -0.05) is 0 Å². The van der Waals surface area contributed by atoms with Crippen LogP contribution in [0.15, 0.2) is 30.6 Å². The number of aryl methyl sites for hydroxylation is 1. The van der Waals surface area contributed by atoms with Crippen molar-refractivity contribution in [3.63, 3.8) is 0 Å². The predicted octanol–water partition coefficient (Wildman–Crippen LogP) is 1.28. The summed E-state index contributed by atoms with van der Waals surface area (Å²) in [4.78, 5) is 17.3. The lowest BCUT2D eigenvalue weighted by Crippen LogP contribution is -2.22. The van der Waals surface area contributed by atoms with Crippen LogP contribution in [0.3, 0.4) is 0 Å². The first kappa shape index (κ1) is 11.3. The van der Waals surface area contributed by atoms with Gasteiger partial charge in [0, 0.05) is 26.5 Å². The van der Waals surface area contributed by atoms with Crippen molar-refractivity contribution in [1.29, 1.82) is 0 Å². The van der Waals surface area contributed by atoms with Crippen molar-refractivity contribution in [2.75, 3.05) is 14.1 Å². The average molecular weight is 230 g/mol. The van der Waals surface area contributed by atoms with Crippen LogP contribution in [0.1, 0.15) is 16.2 Å². The first-order chi connectivity index (χ1) is 8.08. The van der Waals surface area contributed by atoms with Crippen LogP contribution in [-0.2, 0) is 0 Å². The molecule has 1 amide bonds. The Labute approximate surface area is 99.7 Å². The highest BCUT2D eigenvalue weighted by Crippen LogP contribution is 2.09. The predicted molar refractivity (Wildman–Crippen MR) is 64.1 cm³/mol. The van der Waals surface area contributed by atoms with Gasteiger partial charge in [-0.15, -0.1) is 0 Å². The number of amides is 1. The third-order valence-corrected chi connectivity index (χ3v) is 2.36. The first-order valence-electron chi connectivity index (χ1n) is 5.28. The van der Waals surface area contributed by atoms with Crippen LogP contribution in [0.25, 0.3) is 5.69 Å². The summed E-state index contributed by atoms with van der Waals surface area (Å²) in [7, 11) is 3.41. The van der Waals surface area contributed by atoms with E-state index >= 15 is 0 Å². The lowest BCUT2D eigenvalue weighted by Gasteiger charge is -2.10. The third-order valence-electron chi connectivity index (χ3n) is 2.36. The van der Waals surface area contributed by atoms with E-state index in [0.29, 0.717) is 5.69 Å². The Morgan fingerprint density at radius 3 is 2.71 bits per heavy atom. The fourth-order valence-corrected chi connectivity index (χ4v) is 1.47. The fourth-order valence-electron chi connectivity index (χ4n) is 1.47. The molecule has 17 heavy (non-hydrogen) atoms. The molecule has 0 saturated carbocycles. The van der Waals surface area contributed by atoms with E-state index < -0.39 is 0 Å². The highest BCUT2D eigenvalue weighted by atomic mass is 16.2. The topological polar surface area (TPSA) is 51.0 Å². The zero-order valence-corrected chi connectivity index (χ0v) is 10.1. The molecule has 5 heteroatoms. The molecule has 0 aliphatic heterocycles. The number of carbonyl (C=O) groups is 1. The molecular formula is C12H14N4O. The Morgan fingerprint density at radius 1 is 1.35 bits per heavy atom. The minimum absolute atomic E-state index is 0.115. The summed E-state index contributed by atoms with van der Waals surface area (Å²) in [6.07, 6.45) is 3.47. The molecular weight excluding hydrogens is 216 g/mol. The smallest absolute Gasteiger partial charge is 0.272 e. The number of rotatable bonds is 2. The highest BCUT2D eigenvalue weighted by Gasteiger charge is 2.10. The van der Waals surface area contributed by atoms with Crippen molar-refractivity contribution in [2.24, 2.45) is 0 Å². The van der Waals surface area contributed by atoms with Crippen molar-refractivity contribution >= 4 is 5.91 Å². The van der Waals surface area contributed by atoms with Gasteiger partial charge in [-0.3, -0.25) is 9.78 Å². The minimum atomic E-state index is -0.115. The van der Waals surface area contributed by atoms with E-state index in [4.69, 9.17) is 0 Å². The van der Waals surface area contributed by atoms with E-state index in [0.717, 1.165) is 11.4 Å². The molecule has 2 aromatic rings. The zero-order valence-electron chi connectivity index (χ0n) is 10.1. The maximum Gasteiger partial charge on any atom is 0.272 e. The van der Waals surface area contributed by atoms with Gasteiger partial charge in [-0.25, -0.2) is 4.68 Å². The Hall–Kier alpha value is -2.17. The van der Waals surface area contributed by atoms with Crippen LogP contribution in [0.4, 0.5) is 0 Å². The molecule has 0 aliphatic rings. The summed E-state index contributed by atoms with van der Waals surface area (Å²) in [6.45, 7) is 1.92. The summed E-state index contributed by atoms with van der Waals surface area (Å²) in [5.74, 6) is -0.115. The standard InChI is InChI=1S/C12H14N4O/c1-9-5-7-16(14-9)10-4-6-13-11(8-10)12(17)15(2)3/h4-8H,1-3H3. The van der Waals surface area contributed by atoms with Crippen LogP contribution in [-0.4, -0.2) is 39.7 Å². The monoisotopic (exact) mass is 230 g/mol. The summed E-state index contributed by atoms with van der Waals surface area (Å²) in [5, 5.41) is 4.29. The van der Waals surface area contributed by atoms with Gasteiger partial charge in [0.25, 0.3) is 5.91 Å². The van der Waals surface area contributed by atoms with Gasteiger partial charge in [0.05, 0.1) is 11.4 Å². The number of hydrogen-bond acceptors (Lipinski definition) is 3. The van der Waals surface area contributed by atoms with Crippen molar-refractivity contribution in [3.05, 3.63) is 42.0 Å². The highest BCUT2D eigenvalue weighted by molar-refractivity contribution is 5.92. The number of pyridine rings is 1. The third kappa shape index (κ3) is 2.33. The maximum absolute atomic E-state index is 11.8. The number of carbonyl (C=O) groups excluding carboxylic acids is 1. The molecule has 88 valence electrons. The van der Waals surface area contributed by atoms with Gasteiger partial charge >= 0.3 is 0 Å². The van der Waals surface area contributed by atoms with Crippen LogP contribution in [0, 0.1) is 6.92 Å². The molecule has 2 rings (SSSR count). The molecule has 2 heterocycles. The molecule has 0 bridgehead atoms. The first-order valence-corrected chi connectivity index (χ1v) is 5.28. The van der Waals surface area contributed by atoms with Crippen molar-refractivity contribution in [1.82, 2.24) is 19.7 Å². The lowest BCUT2D eigenvalue weighted by molar-refractivity contribution is 0.0822. The van der Waals surface area contributed by atoms with Gasteiger partial charge in [-0.05, 0) is 25.1 Å². The fraction of sp³-hybridized carbons (Fsp3) is 0.250. The van der Waals surface area contributed by atoms with Gasteiger partial charge in [-0.2, -0.15) is 5.10 Å². The van der Waals surface area contributed by atoms with E-state index in [9.17, 15) is 4.79 Å². The van der Waals surface area contributed by atoms with Crippen molar-refractivity contribution in [2.45, 2.75) is 6.92 Å². The van der Waals surface area contributed by atoms with Gasteiger partial charge < -0.3 is 4.90 Å². The second kappa shape index (κ2) is 4.37. The van der Waals surface area contributed by atoms with E-state index in [1.165, 1.54) is 4.90 Å². The normalized spacial score (nSPS) is 10.3. The van der Waals surface area contributed by atoms with E-state index in [1.54, 1.807) is 31.0 Å². The van der Waals surface area contributed by atoms with Crippen LogP contribution in [0.5, 0.6) is 0 Å². The molecule has 5 nitrogen and oxygen atoms in total. The lowest BCUT2D eigenvalue weighted by atomic mass is 10.3. The quantitative estimate of drug-likeness (QED) is 0.780. The van der Waals surface area contributed by atoms with E-state index in [2.05, 4.69) is 10.1 Å². The van der Waals surface area contributed by atoms with Crippen molar-refractivity contribution < 1.29 is 4.79 Å². The SMILES string of the molecule is Cc1ccn(-c2ccnc(C(=O)N(C)C)c2)n1. The molecule has 0 fully saturated rings. The van der Waals surface area contributed by atoms with Crippen molar-refractivity contribution in [3.8, 4) is 5.69 Å². The molecule has 0 saturated heterocycles. The Kier molecular flexibility index (Phi) is 2.91. The summed E-state index contributed by atoms with van der Waals surface area (Å²) in [5.41, 5.74) is 2.18. The number of hydrogen-bond donors (Lipinski definition) is 0. The molecule has 0 aliphatic carbocycles. The largest absolute Gasteiger partial charge is 0.343 e. The van der Waals surface area contributed by atoms with Crippen LogP contribution >= 0.6 is 0 Å². The van der Waals surface area contributed by atoms with Crippen LogP contribution in [0.2, 0.25) is 0 Å². The molecule has 2 aromatic heterocycles.